The molecule has 0 aliphatic heterocycles. The fourth-order valence-corrected chi connectivity index (χ4v) is 1.80. The maximum absolute atomic E-state index is 5.24. The Morgan fingerprint density at radius 2 is 2.27 bits per heavy atom. The predicted molar refractivity (Wildman–Crippen MR) is 54.4 cm³/mol. The summed E-state index contributed by atoms with van der Waals surface area (Å²) in [5.41, 5.74) is 0. The smallest absolute Gasteiger partial charge is 0.168 e. The van der Waals surface area contributed by atoms with Gasteiger partial charge >= 0.3 is 0 Å². The molecule has 1 heterocycles. The second-order valence-electron chi connectivity index (χ2n) is 3.97. The molecule has 1 atom stereocenters. The van der Waals surface area contributed by atoms with Crippen LogP contribution in [0.4, 0.5) is 0 Å². The van der Waals surface area contributed by atoms with E-state index < -0.39 is 0 Å². The second kappa shape index (κ2) is 4.24. The first-order valence-corrected chi connectivity index (χ1v) is 5.24. The molecular weight excluding hydrogens is 194 g/mol. The van der Waals surface area contributed by atoms with E-state index in [1.807, 2.05) is 11.7 Å². The maximum Gasteiger partial charge on any atom is 0.168 e. The van der Waals surface area contributed by atoms with Crippen molar-refractivity contribution in [3.63, 3.8) is 0 Å². The highest BCUT2D eigenvalue weighted by molar-refractivity contribution is 4.95. The summed E-state index contributed by atoms with van der Waals surface area (Å²) in [6.45, 7) is 2.05. The Kier molecular flexibility index (Phi) is 2.97. The first-order valence-electron chi connectivity index (χ1n) is 5.24. The lowest BCUT2D eigenvalue weighted by molar-refractivity contribution is 0.000658. The number of nitrogens with one attached hydrogen (secondary N) is 1. The van der Waals surface area contributed by atoms with Gasteiger partial charge in [0.25, 0.3) is 0 Å². The number of hydrogen-bond donors (Lipinski definition) is 1. The molecule has 6 heteroatoms. The largest absolute Gasteiger partial charge is 0.381 e. The maximum atomic E-state index is 5.24. The topological polar surface area (TPSA) is 64.9 Å². The van der Waals surface area contributed by atoms with Crippen LogP contribution in [0.2, 0.25) is 0 Å². The summed E-state index contributed by atoms with van der Waals surface area (Å²) in [5, 5.41) is 14.9. The summed E-state index contributed by atoms with van der Waals surface area (Å²) in [5.74, 6) is 0.900. The van der Waals surface area contributed by atoms with Crippen molar-refractivity contribution < 1.29 is 4.74 Å². The minimum Gasteiger partial charge on any atom is -0.381 e. The van der Waals surface area contributed by atoms with Crippen LogP contribution >= 0.6 is 0 Å². The number of aromatic nitrogens is 4. The van der Waals surface area contributed by atoms with Crippen LogP contribution in [-0.2, 0) is 4.74 Å². The Balaban J connectivity index is 2.06. The molecule has 1 aromatic heterocycles. The van der Waals surface area contributed by atoms with E-state index in [4.69, 9.17) is 4.74 Å². The van der Waals surface area contributed by atoms with E-state index in [1.54, 1.807) is 7.11 Å². The molecule has 6 nitrogen and oxygen atoms in total. The zero-order valence-electron chi connectivity index (χ0n) is 9.34. The van der Waals surface area contributed by atoms with Gasteiger partial charge < -0.3 is 10.1 Å². The highest BCUT2D eigenvalue weighted by Gasteiger charge is 2.33. The molecule has 0 radical (unpaired) electrons. The molecule has 0 aromatic carbocycles. The molecule has 1 fully saturated rings. The van der Waals surface area contributed by atoms with Crippen LogP contribution in [0.5, 0.6) is 0 Å². The Hall–Kier alpha value is -1.01. The lowest BCUT2D eigenvalue weighted by atomic mass is 9.89. The van der Waals surface area contributed by atoms with E-state index in [-0.39, 0.29) is 6.04 Å². The fraction of sp³-hybridized carbons (Fsp3) is 0.889. The zero-order valence-corrected chi connectivity index (χ0v) is 9.34. The number of methoxy groups -OCH3 is 1. The number of rotatable bonds is 4. The van der Waals surface area contributed by atoms with Crippen molar-refractivity contribution in [3.05, 3.63) is 5.82 Å². The summed E-state index contributed by atoms with van der Waals surface area (Å²) in [6, 6.07) is 0.581. The van der Waals surface area contributed by atoms with Gasteiger partial charge in [-0.15, -0.1) is 5.10 Å². The number of hydrogen-bond acceptors (Lipinski definition) is 5. The van der Waals surface area contributed by atoms with Gasteiger partial charge in [0.2, 0.25) is 0 Å². The summed E-state index contributed by atoms with van der Waals surface area (Å²) >= 11 is 0. The highest BCUT2D eigenvalue weighted by Crippen LogP contribution is 2.34. The van der Waals surface area contributed by atoms with Gasteiger partial charge in [-0.1, -0.05) is 0 Å². The quantitative estimate of drug-likeness (QED) is 0.776. The molecule has 0 spiro atoms. The number of nitrogens with zero attached hydrogens (tertiary/aromatic N) is 4. The average Bonchev–Trinajstić information content (AvgIpc) is 2.64. The molecule has 0 saturated heterocycles. The molecule has 84 valence electrons. The average molecular weight is 211 g/mol. The molecule has 0 bridgehead atoms. The van der Waals surface area contributed by atoms with Gasteiger partial charge in [0.15, 0.2) is 5.82 Å². The molecule has 0 amide bonds. The fourth-order valence-electron chi connectivity index (χ4n) is 1.80. The molecule has 1 aliphatic rings. The van der Waals surface area contributed by atoms with Crippen LogP contribution in [-0.4, -0.2) is 40.5 Å². The molecule has 2 rings (SSSR count). The molecule has 1 N–H and O–H groups in total. The van der Waals surface area contributed by atoms with Crippen molar-refractivity contribution in [2.75, 3.05) is 14.2 Å². The predicted octanol–water partition coefficient (Wildman–Crippen LogP) is 0.303. The van der Waals surface area contributed by atoms with E-state index in [2.05, 4.69) is 27.8 Å². The summed E-state index contributed by atoms with van der Waals surface area (Å²) < 4.78 is 7.16. The van der Waals surface area contributed by atoms with Gasteiger partial charge in [-0.25, -0.2) is 4.68 Å². The first-order chi connectivity index (χ1) is 7.26. The minimum absolute atomic E-state index is 0.182. The van der Waals surface area contributed by atoms with E-state index in [1.165, 1.54) is 0 Å². The monoisotopic (exact) mass is 211 g/mol. The SMILES string of the molecule is CNC(C)c1nnnn1C1CC(OC)C1. The third kappa shape index (κ3) is 1.87. The van der Waals surface area contributed by atoms with Crippen molar-refractivity contribution in [3.8, 4) is 0 Å². The van der Waals surface area contributed by atoms with E-state index in [9.17, 15) is 0 Å². The van der Waals surface area contributed by atoms with Crippen LogP contribution in [0.15, 0.2) is 0 Å². The Morgan fingerprint density at radius 3 is 2.87 bits per heavy atom. The van der Waals surface area contributed by atoms with E-state index in [0.717, 1.165) is 18.7 Å². The van der Waals surface area contributed by atoms with Gasteiger partial charge in [-0.3, -0.25) is 0 Å². The summed E-state index contributed by atoms with van der Waals surface area (Å²) in [4.78, 5) is 0. The second-order valence-corrected chi connectivity index (χ2v) is 3.97. The highest BCUT2D eigenvalue weighted by atomic mass is 16.5. The molecular formula is C9H17N5O. The normalized spacial score (nSPS) is 27.4. The summed E-state index contributed by atoms with van der Waals surface area (Å²) in [6.07, 6.45) is 2.38. The lowest BCUT2D eigenvalue weighted by Gasteiger charge is -2.34. The Bertz CT molecular complexity index is 320. The Labute approximate surface area is 89.0 Å². The van der Waals surface area contributed by atoms with Crippen molar-refractivity contribution in [2.24, 2.45) is 0 Å². The third-order valence-electron chi connectivity index (χ3n) is 3.09. The molecule has 1 saturated carbocycles. The van der Waals surface area contributed by atoms with Gasteiger partial charge in [0.05, 0.1) is 18.2 Å². The molecule has 15 heavy (non-hydrogen) atoms. The standard InChI is InChI=1S/C9H17N5O/c1-6(10-2)9-11-12-13-14(9)7-4-8(5-7)15-3/h6-8,10H,4-5H2,1-3H3. The molecule has 1 unspecified atom stereocenters. The van der Waals surface area contributed by atoms with Crippen molar-refractivity contribution >= 4 is 0 Å². The van der Waals surface area contributed by atoms with Gasteiger partial charge in [0, 0.05) is 7.11 Å². The van der Waals surface area contributed by atoms with Crippen molar-refractivity contribution in [1.29, 1.82) is 0 Å². The lowest BCUT2D eigenvalue weighted by Crippen LogP contribution is -2.35. The van der Waals surface area contributed by atoms with Crippen LogP contribution < -0.4 is 5.32 Å². The zero-order chi connectivity index (χ0) is 10.8. The van der Waals surface area contributed by atoms with Crippen molar-refractivity contribution in [2.45, 2.75) is 38.0 Å². The van der Waals surface area contributed by atoms with E-state index >= 15 is 0 Å². The minimum atomic E-state index is 0.182. The van der Waals surface area contributed by atoms with Crippen LogP contribution in [0.3, 0.4) is 0 Å². The molecule has 1 aliphatic carbocycles. The van der Waals surface area contributed by atoms with Crippen molar-refractivity contribution in [1.82, 2.24) is 25.5 Å². The van der Waals surface area contributed by atoms with Crippen LogP contribution in [0, 0.1) is 0 Å². The van der Waals surface area contributed by atoms with Gasteiger partial charge in [0.1, 0.15) is 0 Å². The third-order valence-corrected chi connectivity index (χ3v) is 3.09. The Morgan fingerprint density at radius 1 is 1.53 bits per heavy atom. The van der Waals surface area contributed by atoms with Crippen LogP contribution in [0.1, 0.15) is 37.7 Å². The molecule has 1 aromatic rings. The number of ether oxygens (including phenoxy) is 1. The number of tetrazole rings is 1. The van der Waals surface area contributed by atoms with Crippen LogP contribution in [0.25, 0.3) is 0 Å². The first kappa shape index (κ1) is 10.5. The van der Waals surface area contributed by atoms with Gasteiger partial charge in [-0.2, -0.15) is 0 Å². The van der Waals surface area contributed by atoms with Gasteiger partial charge in [-0.05, 0) is 37.2 Å². The summed E-state index contributed by atoms with van der Waals surface area (Å²) in [7, 11) is 3.65. The van der Waals surface area contributed by atoms with E-state index in [0.29, 0.717) is 12.1 Å².